The van der Waals surface area contributed by atoms with E-state index in [1.54, 1.807) is 23.1 Å². The minimum atomic E-state index is -0.406. The summed E-state index contributed by atoms with van der Waals surface area (Å²) >= 11 is 0. The third kappa shape index (κ3) is 3.44. The van der Waals surface area contributed by atoms with Crippen molar-refractivity contribution in [2.24, 2.45) is 0 Å². The van der Waals surface area contributed by atoms with Crippen molar-refractivity contribution < 1.29 is 9.18 Å². The van der Waals surface area contributed by atoms with Gasteiger partial charge in [-0.25, -0.2) is 9.18 Å². The largest absolute Gasteiger partial charge is 0.322 e. The zero-order valence-corrected chi connectivity index (χ0v) is 11.2. The van der Waals surface area contributed by atoms with Crippen LogP contribution in [0.15, 0.2) is 24.3 Å². The Morgan fingerprint density at radius 2 is 2.32 bits per heavy atom. The van der Waals surface area contributed by atoms with Crippen molar-refractivity contribution in [1.82, 2.24) is 10.2 Å². The molecule has 2 N–H and O–H groups in total. The first-order chi connectivity index (χ1) is 9.22. The summed E-state index contributed by atoms with van der Waals surface area (Å²) in [5, 5.41) is 5.90. The molecule has 19 heavy (non-hydrogen) atoms. The third-order valence-electron chi connectivity index (χ3n) is 3.32. The van der Waals surface area contributed by atoms with Crippen molar-refractivity contribution in [2.75, 3.05) is 25.0 Å². The molecule has 2 amide bonds. The molecule has 1 heterocycles. The van der Waals surface area contributed by atoms with Gasteiger partial charge in [0.05, 0.1) is 5.69 Å². The first kappa shape index (κ1) is 13.8. The molecule has 1 aromatic rings. The van der Waals surface area contributed by atoms with Gasteiger partial charge < -0.3 is 15.5 Å². The van der Waals surface area contributed by atoms with E-state index in [9.17, 15) is 9.18 Å². The van der Waals surface area contributed by atoms with Crippen LogP contribution in [0.4, 0.5) is 14.9 Å². The maximum absolute atomic E-state index is 13.5. The number of hydrogen-bond acceptors (Lipinski definition) is 2. The summed E-state index contributed by atoms with van der Waals surface area (Å²) in [7, 11) is 0. The summed E-state index contributed by atoms with van der Waals surface area (Å²) in [5.41, 5.74) is 0.236. The van der Waals surface area contributed by atoms with E-state index < -0.39 is 5.82 Å². The van der Waals surface area contributed by atoms with Crippen LogP contribution in [0.1, 0.15) is 19.8 Å². The van der Waals surface area contributed by atoms with E-state index in [4.69, 9.17) is 0 Å². The van der Waals surface area contributed by atoms with Gasteiger partial charge in [-0.1, -0.05) is 19.1 Å². The average molecular weight is 265 g/mol. The lowest BCUT2D eigenvalue weighted by Gasteiger charge is -2.28. The molecule has 104 valence electrons. The topological polar surface area (TPSA) is 44.4 Å². The molecule has 1 aliphatic heterocycles. The van der Waals surface area contributed by atoms with Gasteiger partial charge in [-0.05, 0) is 31.5 Å². The molecular weight excluding hydrogens is 245 g/mol. The zero-order valence-electron chi connectivity index (χ0n) is 11.2. The molecule has 0 radical (unpaired) electrons. The molecule has 1 saturated heterocycles. The van der Waals surface area contributed by atoms with E-state index in [1.165, 1.54) is 6.07 Å². The van der Waals surface area contributed by atoms with Gasteiger partial charge in [0.2, 0.25) is 0 Å². The SMILES string of the molecule is CCCN(C(=O)Nc1ccccc1F)C1CCNC1. The van der Waals surface area contributed by atoms with E-state index in [0.29, 0.717) is 6.54 Å². The Kier molecular flexibility index (Phi) is 4.74. The number of para-hydroxylation sites is 1. The quantitative estimate of drug-likeness (QED) is 0.878. The second-order valence-electron chi connectivity index (χ2n) is 4.75. The summed E-state index contributed by atoms with van der Waals surface area (Å²) in [4.78, 5) is 14.1. The molecule has 1 aromatic carbocycles. The maximum Gasteiger partial charge on any atom is 0.322 e. The van der Waals surface area contributed by atoms with Gasteiger partial charge >= 0.3 is 6.03 Å². The zero-order chi connectivity index (χ0) is 13.7. The van der Waals surface area contributed by atoms with E-state index in [-0.39, 0.29) is 17.8 Å². The number of hydrogen-bond donors (Lipinski definition) is 2. The highest BCUT2D eigenvalue weighted by Crippen LogP contribution is 2.16. The Balaban J connectivity index is 2.05. The maximum atomic E-state index is 13.5. The number of anilines is 1. The molecule has 1 atom stereocenters. The molecule has 5 heteroatoms. The molecule has 4 nitrogen and oxygen atoms in total. The molecular formula is C14H20FN3O. The van der Waals surface area contributed by atoms with Crippen LogP contribution >= 0.6 is 0 Å². The van der Waals surface area contributed by atoms with Crippen molar-refractivity contribution >= 4 is 11.7 Å². The van der Waals surface area contributed by atoms with Crippen molar-refractivity contribution in [2.45, 2.75) is 25.8 Å². The number of benzene rings is 1. The van der Waals surface area contributed by atoms with Crippen LogP contribution in [-0.4, -0.2) is 36.6 Å². The number of nitrogens with one attached hydrogen (secondary N) is 2. The lowest BCUT2D eigenvalue weighted by atomic mass is 10.2. The van der Waals surface area contributed by atoms with Crippen LogP contribution < -0.4 is 10.6 Å². The fourth-order valence-corrected chi connectivity index (χ4v) is 2.35. The lowest BCUT2D eigenvalue weighted by Crippen LogP contribution is -2.44. The second kappa shape index (κ2) is 6.52. The standard InChI is InChI=1S/C14H20FN3O/c1-2-9-18(11-7-8-16-10-11)14(19)17-13-6-4-3-5-12(13)15/h3-6,11,16H,2,7-10H2,1H3,(H,17,19). The molecule has 0 saturated carbocycles. The van der Waals surface area contributed by atoms with Gasteiger partial charge in [0.1, 0.15) is 5.82 Å². The predicted octanol–water partition coefficient (Wildman–Crippen LogP) is 2.43. The van der Waals surface area contributed by atoms with E-state index in [2.05, 4.69) is 10.6 Å². The Labute approximate surface area is 113 Å². The molecule has 2 rings (SSSR count). The minimum Gasteiger partial charge on any atom is -0.320 e. The Bertz CT molecular complexity index is 432. The van der Waals surface area contributed by atoms with Gasteiger partial charge in [-0.3, -0.25) is 0 Å². The van der Waals surface area contributed by atoms with Gasteiger partial charge in [0.15, 0.2) is 0 Å². The third-order valence-corrected chi connectivity index (χ3v) is 3.32. The minimum absolute atomic E-state index is 0.201. The van der Waals surface area contributed by atoms with Gasteiger partial charge in [0.25, 0.3) is 0 Å². The lowest BCUT2D eigenvalue weighted by molar-refractivity contribution is 0.192. The number of amides is 2. The molecule has 0 aliphatic carbocycles. The molecule has 1 fully saturated rings. The monoisotopic (exact) mass is 265 g/mol. The number of carbonyl (C=O) groups is 1. The predicted molar refractivity (Wildman–Crippen MR) is 73.7 cm³/mol. The highest BCUT2D eigenvalue weighted by molar-refractivity contribution is 5.89. The Hall–Kier alpha value is -1.62. The van der Waals surface area contributed by atoms with Crippen LogP contribution in [-0.2, 0) is 0 Å². The fourth-order valence-electron chi connectivity index (χ4n) is 2.35. The summed E-state index contributed by atoms with van der Waals surface area (Å²) in [6.45, 7) is 4.46. The average Bonchev–Trinajstić information content (AvgIpc) is 2.92. The first-order valence-corrected chi connectivity index (χ1v) is 6.75. The smallest absolute Gasteiger partial charge is 0.320 e. The van der Waals surface area contributed by atoms with Crippen molar-refractivity contribution in [1.29, 1.82) is 0 Å². The fraction of sp³-hybridized carbons (Fsp3) is 0.500. The summed E-state index contributed by atoms with van der Waals surface area (Å²) in [6, 6.07) is 6.21. The van der Waals surface area contributed by atoms with Crippen molar-refractivity contribution in [3.63, 3.8) is 0 Å². The van der Waals surface area contributed by atoms with Crippen LogP contribution in [0.2, 0.25) is 0 Å². The van der Waals surface area contributed by atoms with Gasteiger partial charge in [-0.2, -0.15) is 0 Å². The Morgan fingerprint density at radius 3 is 2.95 bits per heavy atom. The van der Waals surface area contributed by atoms with E-state index >= 15 is 0 Å². The highest BCUT2D eigenvalue weighted by atomic mass is 19.1. The van der Waals surface area contributed by atoms with Crippen LogP contribution in [0.25, 0.3) is 0 Å². The molecule has 0 bridgehead atoms. The summed E-state index contributed by atoms with van der Waals surface area (Å²) < 4.78 is 13.5. The first-order valence-electron chi connectivity index (χ1n) is 6.75. The van der Waals surface area contributed by atoms with Gasteiger partial charge in [0, 0.05) is 19.1 Å². The second-order valence-corrected chi connectivity index (χ2v) is 4.75. The normalized spacial score (nSPS) is 18.3. The molecule has 1 aliphatic rings. The number of rotatable bonds is 4. The Morgan fingerprint density at radius 1 is 1.53 bits per heavy atom. The number of urea groups is 1. The molecule has 0 aromatic heterocycles. The van der Waals surface area contributed by atoms with E-state index in [1.807, 2.05) is 6.92 Å². The number of nitrogens with zero attached hydrogens (tertiary/aromatic N) is 1. The van der Waals surface area contributed by atoms with Crippen LogP contribution in [0.5, 0.6) is 0 Å². The summed E-state index contributed by atoms with van der Waals surface area (Å²) in [5.74, 6) is -0.406. The van der Waals surface area contributed by atoms with Crippen molar-refractivity contribution in [3.05, 3.63) is 30.1 Å². The van der Waals surface area contributed by atoms with Crippen LogP contribution in [0.3, 0.4) is 0 Å². The summed E-state index contributed by atoms with van der Waals surface area (Å²) in [6.07, 6.45) is 1.84. The molecule has 1 unspecified atom stereocenters. The van der Waals surface area contributed by atoms with Gasteiger partial charge in [-0.15, -0.1) is 0 Å². The highest BCUT2D eigenvalue weighted by Gasteiger charge is 2.26. The number of carbonyl (C=O) groups excluding carboxylic acids is 1. The van der Waals surface area contributed by atoms with Crippen molar-refractivity contribution in [3.8, 4) is 0 Å². The van der Waals surface area contributed by atoms with E-state index in [0.717, 1.165) is 25.9 Å². The molecule has 0 spiro atoms. The number of halogens is 1. The van der Waals surface area contributed by atoms with Crippen LogP contribution in [0, 0.1) is 5.82 Å².